The van der Waals surface area contributed by atoms with Gasteiger partial charge in [-0.15, -0.1) is 11.8 Å². The van der Waals surface area contributed by atoms with E-state index in [9.17, 15) is 0 Å². The van der Waals surface area contributed by atoms with E-state index in [4.69, 9.17) is 10.2 Å². The van der Waals surface area contributed by atoms with Gasteiger partial charge in [0.15, 0.2) is 0 Å². The van der Waals surface area contributed by atoms with Crippen molar-refractivity contribution in [1.29, 1.82) is 0 Å². The lowest BCUT2D eigenvalue weighted by Crippen LogP contribution is -2.09. The van der Waals surface area contributed by atoms with E-state index in [1.807, 2.05) is 19.1 Å². The number of rotatable bonds is 3. The average molecular weight is 157 g/mol. The van der Waals surface area contributed by atoms with Crippen LogP contribution in [0.5, 0.6) is 0 Å². The first-order chi connectivity index (χ1) is 4.79. The number of thioether (sulfide) groups is 1. The summed E-state index contributed by atoms with van der Waals surface area (Å²) < 4.78 is 5.11. The minimum Gasteiger partial charge on any atom is -0.468 e. The topological polar surface area (TPSA) is 39.2 Å². The molecule has 0 aliphatic rings. The summed E-state index contributed by atoms with van der Waals surface area (Å²) in [5, 5.41) is 0.185. The van der Waals surface area contributed by atoms with E-state index in [1.54, 1.807) is 18.0 Å². The molecule has 1 heterocycles. The van der Waals surface area contributed by atoms with E-state index in [0.29, 0.717) is 0 Å². The highest BCUT2D eigenvalue weighted by Crippen LogP contribution is 2.13. The van der Waals surface area contributed by atoms with Gasteiger partial charge in [-0.3, -0.25) is 0 Å². The maximum Gasteiger partial charge on any atom is 0.113 e. The second-order valence-corrected chi connectivity index (χ2v) is 3.46. The van der Waals surface area contributed by atoms with Gasteiger partial charge in [0.25, 0.3) is 0 Å². The summed E-state index contributed by atoms with van der Waals surface area (Å²) in [6.07, 6.45) is 1.68. The Labute approximate surface area is 64.8 Å². The van der Waals surface area contributed by atoms with E-state index in [0.717, 1.165) is 11.5 Å². The third kappa shape index (κ3) is 2.45. The summed E-state index contributed by atoms with van der Waals surface area (Å²) in [6.45, 7) is 1.97. The summed E-state index contributed by atoms with van der Waals surface area (Å²) in [5.74, 6) is 1.85. The summed E-state index contributed by atoms with van der Waals surface area (Å²) >= 11 is 1.67. The van der Waals surface area contributed by atoms with Crippen LogP contribution >= 0.6 is 11.8 Å². The smallest absolute Gasteiger partial charge is 0.113 e. The van der Waals surface area contributed by atoms with Crippen molar-refractivity contribution in [2.24, 2.45) is 5.73 Å². The number of hydrogen-bond acceptors (Lipinski definition) is 3. The van der Waals surface area contributed by atoms with Gasteiger partial charge >= 0.3 is 0 Å². The molecule has 10 heavy (non-hydrogen) atoms. The van der Waals surface area contributed by atoms with Crippen molar-refractivity contribution in [3.63, 3.8) is 0 Å². The number of hydrogen-bond donors (Lipinski definition) is 1. The van der Waals surface area contributed by atoms with Gasteiger partial charge in [-0.1, -0.05) is 0 Å². The van der Waals surface area contributed by atoms with Crippen LogP contribution in [0.4, 0.5) is 0 Å². The first-order valence-electron chi connectivity index (χ1n) is 3.18. The predicted octanol–water partition coefficient (Wildman–Crippen LogP) is 1.82. The Morgan fingerprint density at radius 2 is 2.60 bits per heavy atom. The molecule has 0 spiro atoms. The van der Waals surface area contributed by atoms with E-state index >= 15 is 0 Å². The summed E-state index contributed by atoms with van der Waals surface area (Å²) in [6, 6.07) is 3.84. The molecule has 1 atom stereocenters. The van der Waals surface area contributed by atoms with Crippen LogP contribution in [-0.2, 0) is 5.75 Å². The molecule has 0 aliphatic heterocycles. The SMILES string of the molecule is CC(N)SCc1ccco1. The van der Waals surface area contributed by atoms with Gasteiger partial charge in [0, 0.05) is 5.37 Å². The Morgan fingerprint density at radius 1 is 1.80 bits per heavy atom. The molecule has 1 aromatic rings. The normalized spacial score (nSPS) is 13.4. The number of furan rings is 1. The van der Waals surface area contributed by atoms with Crippen molar-refractivity contribution in [3.05, 3.63) is 24.2 Å². The third-order valence-corrected chi connectivity index (χ3v) is 2.05. The zero-order valence-corrected chi connectivity index (χ0v) is 6.73. The lowest BCUT2D eigenvalue weighted by Gasteiger charge is -2.00. The molecule has 0 radical (unpaired) electrons. The van der Waals surface area contributed by atoms with Crippen LogP contribution in [0, 0.1) is 0 Å². The second-order valence-electron chi connectivity index (χ2n) is 2.10. The van der Waals surface area contributed by atoms with Crippen LogP contribution in [0.25, 0.3) is 0 Å². The fourth-order valence-electron chi connectivity index (χ4n) is 0.608. The second kappa shape index (κ2) is 3.68. The first kappa shape index (κ1) is 7.69. The molecular formula is C7H11NOS. The van der Waals surface area contributed by atoms with Crippen LogP contribution in [0.1, 0.15) is 12.7 Å². The van der Waals surface area contributed by atoms with Crippen molar-refractivity contribution in [3.8, 4) is 0 Å². The van der Waals surface area contributed by atoms with Crippen molar-refractivity contribution in [1.82, 2.24) is 0 Å². The molecule has 2 nitrogen and oxygen atoms in total. The summed E-state index contributed by atoms with van der Waals surface area (Å²) in [4.78, 5) is 0. The maximum absolute atomic E-state index is 5.53. The monoisotopic (exact) mass is 157 g/mol. The minimum atomic E-state index is 0.185. The van der Waals surface area contributed by atoms with E-state index in [1.165, 1.54) is 0 Å². The van der Waals surface area contributed by atoms with Crippen LogP contribution in [-0.4, -0.2) is 5.37 Å². The molecule has 0 saturated carbocycles. The van der Waals surface area contributed by atoms with Gasteiger partial charge in [-0.05, 0) is 19.1 Å². The Kier molecular flexibility index (Phi) is 2.83. The quantitative estimate of drug-likeness (QED) is 0.680. The molecule has 3 heteroatoms. The fraction of sp³-hybridized carbons (Fsp3) is 0.429. The first-order valence-corrected chi connectivity index (χ1v) is 4.23. The molecule has 1 rings (SSSR count). The molecule has 0 aliphatic carbocycles. The molecule has 0 bridgehead atoms. The van der Waals surface area contributed by atoms with Crippen LogP contribution in [0.15, 0.2) is 22.8 Å². The predicted molar refractivity (Wildman–Crippen MR) is 43.7 cm³/mol. The van der Waals surface area contributed by atoms with Crippen LogP contribution < -0.4 is 5.73 Å². The third-order valence-electron chi connectivity index (χ3n) is 1.07. The van der Waals surface area contributed by atoms with Crippen molar-refractivity contribution >= 4 is 11.8 Å². The molecule has 2 N–H and O–H groups in total. The Hall–Kier alpha value is -0.410. The zero-order valence-electron chi connectivity index (χ0n) is 5.91. The highest BCUT2D eigenvalue weighted by Gasteiger charge is 1.97. The van der Waals surface area contributed by atoms with Crippen molar-refractivity contribution in [2.45, 2.75) is 18.1 Å². The Balaban J connectivity index is 2.28. The molecule has 0 amide bonds. The average Bonchev–Trinajstić information content (AvgIpc) is 2.34. The van der Waals surface area contributed by atoms with E-state index in [2.05, 4.69) is 0 Å². The largest absolute Gasteiger partial charge is 0.468 e. The summed E-state index contributed by atoms with van der Waals surface area (Å²) in [5.41, 5.74) is 5.53. The standard InChI is InChI=1S/C7H11NOS/c1-6(8)10-5-7-3-2-4-9-7/h2-4,6H,5,8H2,1H3. The molecule has 0 aromatic carbocycles. The van der Waals surface area contributed by atoms with Gasteiger partial charge in [-0.2, -0.15) is 0 Å². The van der Waals surface area contributed by atoms with Crippen LogP contribution in [0.3, 0.4) is 0 Å². The van der Waals surface area contributed by atoms with Crippen molar-refractivity contribution < 1.29 is 4.42 Å². The molecule has 56 valence electrons. The molecule has 1 aromatic heterocycles. The lowest BCUT2D eigenvalue weighted by molar-refractivity contribution is 0.530. The molecule has 1 unspecified atom stereocenters. The van der Waals surface area contributed by atoms with E-state index < -0.39 is 0 Å². The van der Waals surface area contributed by atoms with E-state index in [-0.39, 0.29) is 5.37 Å². The molecular weight excluding hydrogens is 146 g/mol. The summed E-state index contributed by atoms with van der Waals surface area (Å²) in [7, 11) is 0. The molecule has 0 fully saturated rings. The number of nitrogens with two attached hydrogens (primary N) is 1. The van der Waals surface area contributed by atoms with Gasteiger partial charge in [0.05, 0.1) is 12.0 Å². The van der Waals surface area contributed by atoms with Gasteiger partial charge < -0.3 is 10.2 Å². The Morgan fingerprint density at radius 3 is 3.10 bits per heavy atom. The van der Waals surface area contributed by atoms with Gasteiger partial charge in [0.1, 0.15) is 5.76 Å². The highest BCUT2D eigenvalue weighted by atomic mass is 32.2. The Bertz CT molecular complexity index is 172. The minimum absolute atomic E-state index is 0.185. The fourth-order valence-corrected chi connectivity index (χ4v) is 1.20. The molecule has 0 saturated heterocycles. The maximum atomic E-state index is 5.53. The van der Waals surface area contributed by atoms with Crippen LogP contribution in [0.2, 0.25) is 0 Å². The van der Waals surface area contributed by atoms with Crippen molar-refractivity contribution in [2.75, 3.05) is 0 Å². The zero-order chi connectivity index (χ0) is 7.40. The lowest BCUT2D eigenvalue weighted by atomic mass is 10.5. The highest BCUT2D eigenvalue weighted by molar-refractivity contribution is 7.99. The van der Waals surface area contributed by atoms with Gasteiger partial charge in [-0.25, -0.2) is 0 Å². The van der Waals surface area contributed by atoms with Gasteiger partial charge in [0.2, 0.25) is 0 Å².